The van der Waals surface area contributed by atoms with Gasteiger partial charge in [-0.25, -0.2) is 4.39 Å². The van der Waals surface area contributed by atoms with Crippen molar-refractivity contribution in [3.05, 3.63) is 30.1 Å². The molecule has 0 amide bonds. The summed E-state index contributed by atoms with van der Waals surface area (Å²) in [5.74, 6) is -0.819. The molecule has 1 unspecified atom stereocenters. The summed E-state index contributed by atoms with van der Waals surface area (Å²) < 4.78 is 13.8. The highest BCUT2D eigenvalue weighted by Gasteiger charge is 2.37. The van der Waals surface area contributed by atoms with E-state index in [-0.39, 0.29) is 23.6 Å². The Balaban J connectivity index is 2.14. The summed E-state index contributed by atoms with van der Waals surface area (Å²) in [5, 5.41) is 8.95. The van der Waals surface area contributed by atoms with Crippen LogP contribution in [-0.4, -0.2) is 24.2 Å². The Morgan fingerprint density at radius 1 is 1.47 bits per heavy atom. The molecule has 1 aromatic carbocycles. The zero-order valence-electron chi connectivity index (χ0n) is 11.4. The van der Waals surface area contributed by atoms with E-state index in [1.807, 2.05) is 11.0 Å². The molecule has 2 rings (SSSR count). The first-order valence-corrected chi connectivity index (χ1v) is 6.61. The van der Waals surface area contributed by atoms with Gasteiger partial charge < -0.3 is 10.0 Å². The van der Waals surface area contributed by atoms with Crippen LogP contribution >= 0.6 is 0 Å². The van der Waals surface area contributed by atoms with E-state index >= 15 is 0 Å². The third-order valence-corrected chi connectivity index (χ3v) is 4.07. The number of benzene rings is 1. The normalized spacial score (nSPS) is 22.3. The van der Waals surface area contributed by atoms with Gasteiger partial charge in [-0.1, -0.05) is 26.0 Å². The smallest absolute Gasteiger partial charge is 0.303 e. The van der Waals surface area contributed by atoms with Gasteiger partial charge in [0.1, 0.15) is 5.82 Å². The van der Waals surface area contributed by atoms with Gasteiger partial charge in [-0.15, -0.1) is 0 Å². The highest BCUT2D eigenvalue weighted by Crippen LogP contribution is 2.39. The molecule has 0 aromatic heterocycles. The van der Waals surface area contributed by atoms with E-state index in [0.717, 1.165) is 6.42 Å². The average Bonchev–Trinajstić information content (AvgIpc) is 2.31. The van der Waals surface area contributed by atoms with Crippen molar-refractivity contribution >= 4 is 11.7 Å². The lowest BCUT2D eigenvalue weighted by Gasteiger charge is -2.45. The van der Waals surface area contributed by atoms with Crippen molar-refractivity contribution in [2.45, 2.75) is 26.7 Å². The maximum Gasteiger partial charge on any atom is 0.303 e. The van der Waals surface area contributed by atoms with Crippen molar-refractivity contribution in [2.75, 3.05) is 18.0 Å². The van der Waals surface area contributed by atoms with Gasteiger partial charge in [-0.05, 0) is 29.9 Å². The maximum absolute atomic E-state index is 13.8. The van der Waals surface area contributed by atoms with Gasteiger partial charge in [-0.3, -0.25) is 4.79 Å². The standard InChI is InChI=1S/C15H20FNO2/c1-15(2)10-17(8-7-11(15)9-14(18)19)13-6-4-3-5-12(13)16/h3-6,11H,7-10H2,1-2H3,(H,18,19). The molecule has 104 valence electrons. The number of carbonyl (C=O) groups is 1. The van der Waals surface area contributed by atoms with Crippen LogP contribution in [0.3, 0.4) is 0 Å². The first-order chi connectivity index (χ1) is 8.90. The average molecular weight is 265 g/mol. The van der Waals surface area contributed by atoms with Gasteiger partial charge >= 0.3 is 5.97 Å². The van der Waals surface area contributed by atoms with Crippen LogP contribution in [-0.2, 0) is 4.79 Å². The van der Waals surface area contributed by atoms with E-state index in [1.165, 1.54) is 6.07 Å². The molecule has 1 N–H and O–H groups in total. The van der Waals surface area contributed by atoms with Gasteiger partial charge in [0.05, 0.1) is 5.69 Å². The monoisotopic (exact) mass is 265 g/mol. The molecule has 0 radical (unpaired) electrons. The van der Waals surface area contributed by atoms with Crippen LogP contribution in [0.1, 0.15) is 26.7 Å². The lowest BCUT2D eigenvalue weighted by molar-refractivity contribution is -0.139. The molecule has 19 heavy (non-hydrogen) atoms. The van der Waals surface area contributed by atoms with E-state index in [4.69, 9.17) is 5.11 Å². The van der Waals surface area contributed by atoms with Crippen LogP contribution in [0.5, 0.6) is 0 Å². The quantitative estimate of drug-likeness (QED) is 0.912. The minimum atomic E-state index is -0.752. The summed E-state index contributed by atoms with van der Waals surface area (Å²) in [6.07, 6.45) is 0.978. The minimum Gasteiger partial charge on any atom is -0.481 e. The number of anilines is 1. The van der Waals surface area contributed by atoms with E-state index < -0.39 is 5.97 Å². The summed E-state index contributed by atoms with van der Waals surface area (Å²) in [4.78, 5) is 12.9. The SMILES string of the molecule is CC1(C)CN(c2ccccc2F)CCC1CC(=O)O. The molecule has 4 heteroatoms. The van der Waals surface area contributed by atoms with Crippen molar-refractivity contribution in [1.82, 2.24) is 0 Å². The Labute approximate surface area is 113 Å². The van der Waals surface area contributed by atoms with Crippen LogP contribution in [0, 0.1) is 17.2 Å². The molecule has 1 heterocycles. The highest BCUT2D eigenvalue weighted by molar-refractivity contribution is 5.67. The summed E-state index contributed by atoms with van der Waals surface area (Å²) in [5.41, 5.74) is 0.489. The number of para-hydroxylation sites is 1. The summed E-state index contributed by atoms with van der Waals surface area (Å²) in [6.45, 7) is 5.52. The second-order valence-corrected chi connectivity index (χ2v) is 5.95. The fourth-order valence-electron chi connectivity index (χ4n) is 2.91. The van der Waals surface area contributed by atoms with Gasteiger partial charge in [0.2, 0.25) is 0 Å². The fraction of sp³-hybridized carbons (Fsp3) is 0.533. The van der Waals surface area contributed by atoms with Crippen LogP contribution in [0.15, 0.2) is 24.3 Å². The lowest BCUT2D eigenvalue weighted by Crippen LogP contribution is -2.46. The topological polar surface area (TPSA) is 40.5 Å². The van der Waals surface area contributed by atoms with Crippen LogP contribution in [0.4, 0.5) is 10.1 Å². The van der Waals surface area contributed by atoms with Crippen LogP contribution in [0.2, 0.25) is 0 Å². The third kappa shape index (κ3) is 3.06. The molecule has 0 saturated carbocycles. The zero-order chi connectivity index (χ0) is 14.0. The Morgan fingerprint density at radius 3 is 2.74 bits per heavy atom. The predicted molar refractivity (Wildman–Crippen MR) is 72.8 cm³/mol. The molecule has 1 fully saturated rings. The Hall–Kier alpha value is -1.58. The van der Waals surface area contributed by atoms with Gasteiger partial charge in [0.15, 0.2) is 0 Å². The molecule has 1 aliphatic rings. The molecule has 0 bridgehead atoms. The number of halogens is 1. The van der Waals surface area contributed by atoms with Crippen LogP contribution in [0.25, 0.3) is 0 Å². The predicted octanol–water partition coefficient (Wildman–Crippen LogP) is 3.15. The summed E-state index contributed by atoms with van der Waals surface area (Å²) in [7, 11) is 0. The molecule has 0 spiro atoms. The minimum absolute atomic E-state index is 0.126. The van der Waals surface area contributed by atoms with Gasteiger partial charge in [0.25, 0.3) is 0 Å². The van der Waals surface area contributed by atoms with E-state index in [9.17, 15) is 9.18 Å². The number of carboxylic acids is 1. The van der Waals surface area contributed by atoms with Crippen molar-refractivity contribution in [2.24, 2.45) is 11.3 Å². The van der Waals surface area contributed by atoms with Crippen molar-refractivity contribution < 1.29 is 14.3 Å². The van der Waals surface area contributed by atoms with E-state index in [2.05, 4.69) is 13.8 Å². The number of rotatable bonds is 3. The number of nitrogens with zero attached hydrogens (tertiary/aromatic N) is 1. The first kappa shape index (κ1) is 13.8. The van der Waals surface area contributed by atoms with E-state index in [1.54, 1.807) is 12.1 Å². The number of piperidine rings is 1. The molecular formula is C15H20FNO2. The van der Waals surface area contributed by atoms with Crippen LogP contribution < -0.4 is 4.90 Å². The third-order valence-electron chi connectivity index (χ3n) is 4.07. The second kappa shape index (κ2) is 5.19. The molecule has 1 atom stereocenters. The number of aliphatic carboxylic acids is 1. The molecule has 0 aliphatic carbocycles. The van der Waals surface area contributed by atoms with Crippen molar-refractivity contribution in [3.8, 4) is 0 Å². The van der Waals surface area contributed by atoms with Gasteiger partial charge in [0, 0.05) is 19.5 Å². The molecule has 1 saturated heterocycles. The lowest BCUT2D eigenvalue weighted by atomic mass is 9.72. The molecule has 1 aromatic rings. The highest BCUT2D eigenvalue weighted by atomic mass is 19.1. The molecule has 3 nitrogen and oxygen atoms in total. The van der Waals surface area contributed by atoms with Crippen molar-refractivity contribution in [3.63, 3.8) is 0 Å². The summed E-state index contributed by atoms with van der Waals surface area (Å²) >= 11 is 0. The Morgan fingerprint density at radius 2 is 2.16 bits per heavy atom. The fourth-order valence-corrected chi connectivity index (χ4v) is 2.91. The Bertz CT molecular complexity index is 473. The second-order valence-electron chi connectivity index (χ2n) is 5.95. The van der Waals surface area contributed by atoms with E-state index in [0.29, 0.717) is 18.8 Å². The molecule has 1 aliphatic heterocycles. The maximum atomic E-state index is 13.8. The number of carboxylic acid groups (broad SMARTS) is 1. The van der Waals surface area contributed by atoms with Crippen molar-refractivity contribution in [1.29, 1.82) is 0 Å². The van der Waals surface area contributed by atoms with Gasteiger partial charge in [-0.2, -0.15) is 0 Å². The zero-order valence-corrected chi connectivity index (χ0v) is 11.4. The first-order valence-electron chi connectivity index (χ1n) is 6.61. The molecular weight excluding hydrogens is 245 g/mol. The Kier molecular flexibility index (Phi) is 3.78. The number of hydrogen-bond acceptors (Lipinski definition) is 2. The largest absolute Gasteiger partial charge is 0.481 e. The summed E-state index contributed by atoms with van der Waals surface area (Å²) in [6, 6.07) is 6.75. The number of hydrogen-bond donors (Lipinski definition) is 1.